The maximum atomic E-state index is 12.0. The first kappa shape index (κ1) is 21.0. The van der Waals surface area contributed by atoms with Gasteiger partial charge in [-0.15, -0.1) is 0 Å². The fraction of sp³-hybridized carbons (Fsp3) is 0.286. The first-order chi connectivity index (χ1) is 13.3. The summed E-state index contributed by atoms with van der Waals surface area (Å²) < 4.78 is 10.6. The summed E-state index contributed by atoms with van der Waals surface area (Å²) >= 11 is 0. The molecule has 0 saturated heterocycles. The maximum Gasteiger partial charge on any atom is 0.344 e. The molecule has 0 spiro atoms. The van der Waals surface area contributed by atoms with Crippen LogP contribution in [0.15, 0.2) is 42.5 Å². The van der Waals surface area contributed by atoms with Crippen molar-refractivity contribution in [2.75, 3.05) is 6.61 Å². The predicted octanol–water partition coefficient (Wildman–Crippen LogP) is 2.38. The number of aryl methyl sites for hydroxylation is 3. The molecule has 0 fully saturated rings. The second kappa shape index (κ2) is 9.55. The van der Waals surface area contributed by atoms with Gasteiger partial charge < -0.3 is 9.47 Å². The molecule has 148 valence electrons. The summed E-state index contributed by atoms with van der Waals surface area (Å²) in [5.74, 6) is -1.19. The number of ether oxygens (including phenoxy) is 2. The van der Waals surface area contributed by atoms with Gasteiger partial charge in [0.2, 0.25) is 0 Å². The molecule has 0 heterocycles. The third-order valence-corrected chi connectivity index (χ3v) is 3.95. The van der Waals surface area contributed by atoms with Crippen LogP contribution in [0.25, 0.3) is 0 Å². The van der Waals surface area contributed by atoms with E-state index < -0.39 is 23.9 Å². The summed E-state index contributed by atoms with van der Waals surface area (Å²) in [7, 11) is 0. The minimum Gasteiger partial charge on any atom is -0.481 e. The second-order valence-electron chi connectivity index (χ2n) is 6.46. The number of carbonyl (C=O) groups excluding carboxylic acids is 3. The van der Waals surface area contributed by atoms with E-state index in [0.29, 0.717) is 11.3 Å². The molecule has 0 bridgehead atoms. The zero-order valence-electron chi connectivity index (χ0n) is 16.4. The number of rotatable bonds is 6. The molecule has 0 aliphatic heterocycles. The molecule has 2 N–H and O–H groups in total. The SMILES string of the molecule is Cc1cc(C)c(OCC(=O)O[C@H](C)C(=O)NNC(=O)c2ccccc2)c(C)c1. The zero-order chi connectivity index (χ0) is 20.7. The maximum absolute atomic E-state index is 12.0. The molecule has 7 heteroatoms. The Labute approximate surface area is 164 Å². The Bertz CT molecular complexity index is 841. The molecule has 0 aliphatic carbocycles. The lowest BCUT2D eigenvalue weighted by atomic mass is 10.1. The Balaban J connectivity index is 1.80. The van der Waals surface area contributed by atoms with Gasteiger partial charge in [0.15, 0.2) is 12.7 Å². The van der Waals surface area contributed by atoms with E-state index >= 15 is 0 Å². The molecule has 2 amide bonds. The van der Waals surface area contributed by atoms with Crippen molar-refractivity contribution in [2.45, 2.75) is 33.8 Å². The topological polar surface area (TPSA) is 93.7 Å². The Hall–Kier alpha value is -3.35. The van der Waals surface area contributed by atoms with Gasteiger partial charge in [-0.05, 0) is 51.0 Å². The van der Waals surface area contributed by atoms with Crippen molar-refractivity contribution in [3.8, 4) is 5.75 Å². The van der Waals surface area contributed by atoms with Crippen LogP contribution in [0.2, 0.25) is 0 Å². The number of carbonyl (C=O) groups is 3. The summed E-state index contributed by atoms with van der Waals surface area (Å²) in [5.41, 5.74) is 7.83. The van der Waals surface area contributed by atoms with Crippen LogP contribution in [-0.2, 0) is 14.3 Å². The summed E-state index contributed by atoms with van der Waals surface area (Å²) in [5, 5.41) is 0. The van der Waals surface area contributed by atoms with Gasteiger partial charge in [-0.3, -0.25) is 20.4 Å². The van der Waals surface area contributed by atoms with E-state index in [9.17, 15) is 14.4 Å². The van der Waals surface area contributed by atoms with Crippen molar-refractivity contribution in [1.29, 1.82) is 0 Å². The highest BCUT2D eigenvalue weighted by Gasteiger charge is 2.19. The van der Waals surface area contributed by atoms with Crippen molar-refractivity contribution < 1.29 is 23.9 Å². The molecule has 7 nitrogen and oxygen atoms in total. The first-order valence-corrected chi connectivity index (χ1v) is 8.83. The molecular formula is C21H24N2O5. The number of hydrazine groups is 1. The van der Waals surface area contributed by atoms with E-state index in [0.717, 1.165) is 16.7 Å². The molecule has 0 unspecified atom stereocenters. The van der Waals surface area contributed by atoms with Gasteiger partial charge in [0.1, 0.15) is 5.75 Å². The lowest BCUT2D eigenvalue weighted by Crippen LogP contribution is -2.47. The quantitative estimate of drug-likeness (QED) is 0.589. The smallest absolute Gasteiger partial charge is 0.344 e. The minimum atomic E-state index is -1.09. The third-order valence-electron chi connectivity index (χ3n) is 3.95. The highest BCUT2D eigenvalue weighted by Crippen LogP contribution is 2.24. The van der Waals surface area contributed by atoms with Gasteiger partial charge in [0.05, 0.1) is 0 Å². The second-order valence-corrected chi connectivity index (χ2v) is 6.46. The summed E-state index contributed by atoms with van der Waals surface area (Å²) in [6.45, 7) is 6.86. The zero-order valence-corrected chi connectivity index (χ0v) is 16.4. The molecule has 2 rings (SSSR count). The van der Waals surface area contributed by atoms with Crippen LogP contribution in [0.3, 0.4) is 0 Å². The number of nitrogens with one attached hydrogen (secondary N) is 2. The number of hydrogen-bond donors (Lipinski definition) is 2. The van der Waals surface area contributed by atoms with Crippen LogP contribution in [-0.4, -0.2) is 30.5 Å². The molecule has 2 aromatic rings. The average molecular weight is 384 g/mol. The highest BCUT2D eigenvalue weighted by atomic mass is 16.6. The van der Waals surface area contributed by atoms with Gasteiger partial charge in [0, 0.05) is 5.56 Å². The van der Waals surface area contributed by atoms with Gasteiger partial charge in [-0.25, -0.2) is 4.79 Å². The Morgan fingerprint density at radius 1 is 0.964 bits per heavy atom. The monoisotopic (exact) mass is 384 g/mol. The van der Waals surface area contributed by atoms with E-state index in [1.807, 2.05) is 32.9 Å². The van der Waals surface area contributed by atoms with Crippen molar-refractivity contribution in [3.63, 3.8) is 0 Å². The van der Waals surface area contributed by atoms with E-state index in [1.165, 1.54) is 6.92 Å². The van der Waals surface area contributed by atoms with Crippen LogP contribution < -0.4 is 15.6 Å². The lowest BCUT2D eigenvalue weighted by molar-refractivity contribution is -0.156. The van der Waals surface area contributed by atoms with Crippen molar-refractivity contribution in [3.05, 3.63) is 64.7 Å². The van der Waals surface area contributed by atoms with E-state index in [2.05, 4.69) is 10.9 Å². The fourth-order valence-corrected chi connectivity index (χ4v) is 2.69. The van der Waals surface area contributed by atoms with E-state index in [-0.39, 0.29) is 6.61 Å². The molecule has 1 atom stereocenters. The Morgan fingerprint density at radius 3 is 2.18 bits per heavy atom. The summed E-state index contributed by atoms with van der Waals surface area (Å²) in [4.78, 5) is 35.8. The normalized spacial score (nSPS) is 11.3. The number of hydrogen-bond acceptors (Lipinski definition) is 5. The van der Waals surface area contributed by atoms with Crippen LogP contribution in [0.4, 0.5) is 0 Å². The van der Waals surface area contributed by atoms with Crippen molar-refractivity contribution in [1.82, 2.24) is 10.9 Å². The van der Waals surface area contributed by atoms with E-state index in [4.69, 9.17) is 9.47 Å². The van der Waals surface area contributed by atoms with Gasteiger partial charge in [-0.2, -0.15) is 0 Å². The molecule has 2 aromatic carbocycles. The molecule has 0 saturated carbocycles. The molecule has 0 aromatic heterocycles. The van der Waals surface area contributed by atoms with Crippen LogP contribution >= 0.6 is 0 Å². The largest absolute Gasteiger partial charge is 0.481 e. The predicted molar refractivity (Wildman–Crippen MR) is 104 cm³/mol. The number of esters is 1. The molecule has 0 aliphatic rings. The van der Waals surface area contributed by atoms with Crippen molar-refractivity contribution >= 4 is 17.8 Å². The number of benzene rings is 2. The van der Waals surface area contributed by atoms with Gasteiger partial charge >= 0.3 is 5.97 Å². The van der Waals surface area contributed by atoms with E-state index in [1.54, 1.807) is 30.3 Å². The Kier molecular flexibility index (Phi) is 7.14. The van der Waals surface area contributed by atoms with Crippen LogP contribution in [0, 0.1) is 20.8 Å². The first-order valence-electron chi connectivity index (χ1n) is 8.83. The highest BCUT2D eigenvalue weighted by molar-refractivity contribution is 5.95. The average Bonchev–Trinajstić information content (AvgIpc) is 2.65. The van der Waals surface area contributed by atoms with Crippen LogP contribution in [0.5, 0.6) is 5.75 Å². The fourth-order valence-electron chi connectivity index (χ4n) is 2.69. The lowest BCUT2D eigenvalue weighted by Gasteiger charge is -2.16. The Morgan fingerprint density at radius 2 is 1.57 bits per heavy atom. The molecule has 0 radical (unpaired) electrons. The summed E-state index contributed by atoms with van der Waals surface area (Å²) in [6, 6.07) is 12.3. The van der Waals surface area contributed by atoms with Crippen LogP contribution in [0.1, 0.15) is 34.0 Å². The van der Waals surface area contributed by atoms with Crippen molar-refractivity contribution in [2.24, 2.45) is 0 Å². The number of amides is 2. The van der Waals surface area contributed by atoms with Gasteiger partial charge in [-0.1, -0.05) is 35.9 Å². The summed E-state index contributed by atoms with van der Waals surface area (Å²) in [6.07, 6.45) is -1.09. The standard InChI is InChI=1S/C21H24N2O5/c1-13-10-14(2)19(15(3)11-13)27-12-18(24)28-16(4)20(25)22-23-21(26)17-8-6-5-7-9-17/h5-11,16H,12H2,1-4H3,(H,22,25)(H,23,26)/t16-/m1/s1. The minimum absolute atomic E-state index is 0.321. The van der Waals surface area contributed by atoms with Gasteiger partial charge in [0.25, 0.3) is 11.8 Å². The third kappa shape index (κ3) is 5.84. The molecule has 28 heavy (non-hydrogen) atoms. The molecular weight excluding hydrogens is 360 g/mol.